The predicted octanol–water partition coefficient (Wildman–Crippen LogP) is -0.0844. The molecule has 0 radical (unpaired) electrons. The van der Waals surface area contributed by atoms with Crippen LogP contribution in [0, 0.1) is 6.92 Å². The number of hydrazine groups is 1. The molecule has 8 heteroatoms. The standard InChI is InChI=1S/C9H17N5O2S/c1-6(5-17(3,15)16)11-8-4-9(14-10)13-7(2)12-8/h4,6H,5,10H2,1-3H3,(H2,11,12,13,14). The zero-order valence-electron chi connectivity index (χ0n) is 10.1. The fourth-order valence-corrected chi connectivity index (χ4v) is 2.46. The first-order chi connectivity index (χ1) is 7.80. The number of sulfone groups is 1. The summed E-state index contributed by atoms with van der Waals surface area (Å²) in [5, 5.41) is 2.99. The summed E-state index contributed by atoms with van der Waals surface area (Å²) in [5.41, 5.74) is 2.42. The van der Waals surface area contributed by atoms with Crippen LogP contribution in [0.15, 0.2) is 6.07 Å². The third kappa shape index (κ3) is 4.96. The van der Waals surface area contributed by atoms with Gasteiger partial charge < -0.3 is 10.7 Å². The smallest absolute Gasteiger partial charge is 0.149 e. The fourth-order valence-electron chi connectivity index (χ4n) is 1.46. The normalized spacial score (nSPS) is 13.2. The van der Waals surface area contributed by atoms with Crippen LogP contribution in [0.4, 0.5) is 11.6 Å². The SMILES string of the molecule is Cc1nc(NN)cc(NC(C)CS(C)(=O)=O)n1. The van der Waals surface area contributed by atoms with Crippen LogP contribution in [0.25, 0.3) is 0 Å². The molecule has 0 aliphatic carbocycles. The molecule has 1 aromatic rings. The van der Waals surface area contributed by atoms with Crippen molar-refractivity contribution in [1.82, 2.24) is 9.97 Å². The number of nitrogen functional groups attached to an aromatic ring is 1. The van der Waals surface area contributed by atoms with Crippen molar-refractivity contribution in [3.05, 3.63) is 11.9 Å². The van der Waals surface area contributed by atoms with E-state index < -0.39 is 9.84 Å². The van der Waals surface area contributed by atoms with Gasteiger partial charge in [0, 0.05) is 18.4 Å². The maximum atomic E-state index is 11.1. The van der Waals surface area contributed by atoms with Crippen LogP contribution in [-0.2, 0) is 9.84 Å². The molecule has 1 aromatic heterocycles. The quantitative estimate of drug-likeness (QED) is 0.501. The minimum atomic E-state index is -3.02. The fraction of sp³-hybridized carbons (Fsp3) is 0.556. The number of aromatic nitrogens is 2. The molecule has 0 saturated heterocycles. The van der Waals surface area contributed by atoms with E-state index in [1.54, 1.807) is 19.9 Å². The van der Waals surface area contributed by atoms with Crippen molar-refractivity contribution in [2.75, 3.05) is 22.8 Å². The van der Waals surface area contributed by atoms with Gasteiger partial charge in [0.1, 0.15) is 27.3 Å². The van der Waals surface area contributed by atoms with E-state index in [-0.39, 0.29) is 11.8 Å². The summed E-state index contributed by atoms with van der Waals surface area (Å²) in [4.78, 5) is 8.17. The monoisotopic (exact) mass is 259 g/mol. The largest absolute Gasteiger partial charge is 0.366 e. The van der Waals surface area contributed by atoms with Crippen molar-refractivity contribution >= 4 is 21.5 Å². The Morgan fingerprint density at radius 3 is 2.53 bits per heavy atom. The highest BCUT2D eigenvalue weighted by atomic mass is 32.2. The second-order valence-corrected chi connectivity index (χ2v) is 6.15. The van der Waals surface area contributed by atoms with Gasteiger partial charge >= 0.3 is 0 Å². The third-order valence-corrected chi connectivity index (χ3v) is 3.04. The highest BCUT2D eigenvalue weighted by molar-refractivity contribution is 7.90. The summed E-state index contributed by atoms with van der Waals surface area (Å²) in [6.45, 7) is 3.50. The summed E-state index contributed by atoms with van der Waals surface area (Å²) in [5.74, 6) is 6.87. The molecule has 17 heavy (non-hydrogen) atoms. The van der Waals surface area contributed by atoms with E-state index in [1.165, 1.54) is 6.26 Å². The number of nitrogens with one attached hydrogen (secondary N) is 2. The van der Waals surface area contributed by atoms with Crippen molar-refractivity contribution in [2.45, 2.75) is 19.9 Å². The van der Waals surface area contributed by atoms with Crippen molar-refractivity contribution in [2.24, 2.45) is 5.84 Å². The first-order valence-corrected chi connectivity index (χ1v) is 7.13. The molecular weight excluding hydrogens is 242 g/mol. The molecule has 96 valence electrons. The zero-order valence-corrected chi connectivity index (χ0v) is 10.9. The maximum Gasteiger partial charge on any atom is 0.149 e. The molecule has 7 nitrogen and oxygen atoms in total. The van der Waals surface area contributed by atoms with Gasteiger partial charge in [-0.3, -0.25) is 0 Å². The summed E-state index contributed by atoms with van der Waals surface area (Å²) in [6, 6.07) is 1.39. The van der Waals surface area contributed by atoms with E-state index in [0.717, 1.165) is 0 Å². The van der Waals surface area contributed by atoms with Crippen molar-refractivity contribution < 1.29 is 8.42 Å². The number of hydrogen-bond acceptors (Lipinski definition) is 7. The van der Waals surface area contributed by atoms with Crippen LogP contribution in [0.3, 0.4) is 0 Å². The van der Waals surface area contributed by atoms with Crippen LogP contribution in [0.5, 0.6) is 0 Å². The average Bonchev–Trinajstić information content (AvgIpc) is 2.13. The number of nitrogens with zero attached hydrogens (tertiary/aromatic N) is 2. The van der Waals surface area contributed by atoms with Crippen LogP contribution < -0.4 is 16.6 Å². The molecule has 1 heterocycles. The van der Waals surface area contributed by atoms with Gasteiger partial charge in [-0.1, -0.05) is 0 Å². The Balaban J connectivity index is 2.77. The lowest BCUT2D eigenvalue weighted by molar-refractivity contribution is 0.598. The van der Waals surface area contributed by atoms with E-state index >= 15 is 0 Å². The molecule has 4 N–H and O–H groups in total. The van der Waals surface area contributed by atoms with Crippen LogP contribution >= 0.6 is 0 Å². The first-order valence-electron chi connectivity index (χ1n) is 5.06. The lowest BCUT2D eigenvalue weighted by Crippen LogP contribution is -2.25. The van der Waals surface area contributed by atoms with Gasteiger partial charge in [0.15, 0.2) is 0 Å². The topological polar surface area (TPSA) is 110 Å². The van der Waals surface area contributed by atoms with Gasteiger partial charge in [-0.15, -0.1) is 0 Å². The molecule has 0 bridgehead atoms. The third-order valence-electron chi connectivity index (χ3n) is 1.93. The second kappa shape index (κ2) is 5.28. The highest BCUT2D eigenvalue weighted by Crippen LogP contribution is 2.11. The van der Waals surface area contributed by atoms with E-state index in [0.29, 0.717) is 17.5 Å². The van der Waals surface area contributed by atoms with E-state index in [9.17, 15) is 8.42 Å². The molecule has 0 fully saturated rings. The Labute approximate surface area is 101 Å². The molecule has 0 aliphatic heterocycles. The van der Waals surface area contributed by atoms with Crippen molar-refractivity contribution in [3.8, 4) is 0 Å². The first kappa shape index (κ1) is 13.7. The van der Waals surface area contributed by atoms with Crippen LogP contribution in [0.1, 0.15) is 12.7 Å². The Hall–Kier alpha value is -1.41. The Morgan fingerprint density at radius 2 is 2.00 bits per heavy atom. The predicted molar refractivity (Wildman–Crippen MR) is 67.4 cm³/mol. The summed E-state index contributed by atoms with van der Waals surface area (Å²) in [7, 11) is -3.02. The Kier molecular flexibility index (Phi) is 4.24. The van der Waals surface area contributed by atoms with Crippen molar-refractivity contribution in [3.63, 3.8) is 0 Å². The molecule has 0 aliphatic rings. The number of aryl methyl sites for hydroxylation is 1. The molecule has 1 unspecified atom stereocenters. The highest BCUT2D eigenvalue weighted by Gasteiger charge is 2.11. The van der Waals surface area contributed by atoms with Crippen LogP contribution in [0.2, 0.25) is 0 Å². The van der Waals surface area contributed by atoms with E-state index in [4.69, 9.17) is 5.84 Å². The average molecular weight is 259 g/mol. The molecule has 1 rings (SSSR count). The summed E-state index contributed by atoms with van der Waals surface area (Å²) in [6.07, 6.45) is 1.20. The van der Waals surface area contributed by atoms with Gasteiger partial charge in [0.2, 0.25) is 0 Å². The summed E-state index contributed by atoms with van der Waals surface area (Å²) < 4.78 is 22.2. The Morgan fingerprint density at radius 1 is 1.41 bits per heavy atom. The zero-order chi connectivity index (χ0) is 13.1. The second-order valence-electron chi connectivity index (χ2n) is 3.97. The van der Waals surface area contributed by atoms with E-state index in [2.05, 4.69) is 20.7 Å². The number of rotatable bonds is 5. The van der Waals surface area contributed by atoms with Crippen molar-refractivity contribution in [1.29, 1.82) is 0 Å². The molecular formula is C9H17N5O2S. The number of anilines is 2. The number of hydrogen-bond donors (Lipinski definition) is 3. The number of nitrogens with two attached hydrogens (primary N) is 1. The van der Waals surface area contributed by atoms with Gasteiger partial charge in [0.25, 0.3) is 0 Å². The van der Waals surface area contributed by atoms with E-state index in [1.807, 2.05) is 0 Å². The van der Waals surface area contributed by atoms with Gasteiger partial charge in [0.05, 0.1) is 5.75 Å². The van der Waals surface area contributed by atoms with Gasteiger partial charge in [-0.2, -0.15) is 0 Å². The molecule has 0 saturated carbocycles. The molecule has 0 amide bonds. The molecule has 0 aromatic carbocycles. The molecule has 1 atom stereocenters. The maximum absolute atomic E-state index is 11.1. The summed E-state index contributed by atoms with van der Waals surface area (Å²) >= 11 is 0. The van der Waals surface area contributed by atoms with Gasteiger partial charge in [-0.05, 0) is 13.8 Å². The minimum absolute atomic E-state index is 0.0431. The lowest BCUT2D eigenvalue weighted by Gasteiger charge is -2.14. The molecule has 0 spiro atoms. The minimum Gasteiger partial charge on any atom is -0.366 e. The Bertz CT molecular complexity index is 488. The van der Waals surface area contributed by atoms with Gasteiger partial charge in [-0.25, -0.2) is 24.2 Å². The lowest BCUT2D eigenvalue weighted by atomic mass is 10.4. The van der Waals surface area contributed by atoms with Crippen LogP contribution in [-0.4, -0.2) is 36.4 Å².